The van der Waals surface area contributed by atoms with Gasteiger partial charge in [0.15, 0.2) is 0 Å². The van der Waals surface area contributed by atoms with Gasteiger partial charge in [0.05, 0.1) is 33.4 Å². The molecular formula is C49H34N2. The first-order valence-electron chi connectivity index (χ1n) is 17.6. The third kappa shape index (κ3) is 4.65. The highest BCUT2D eigenvalue weighted by atomic mass is 15.0. The molecule has 10 rings (SSSR count). The molecule has 0 fully saturated rings. The summed E-state index contributed by atoms with van der Waals surface area (Å²) in [5.74, 6) is 0. The second-order valence-corrected chi connectivity index (χ2v) is 13.4. The van der Waals surface area contributed by atoms with Crippen LogP contribution in [0.3, 0.4) is 0 Å². The van der Waals surface area contributed by atoms with Gasteiger partial charge < -0.3 is 9.13 Å². The molecule has 8 aromatic carbocycles. The Labute approximate surface area is 297 Å². The standard InChI is InChI=1S/C49H34N2/c1-33-29-30-48-43(31-33)41-22-8-10-26-45(41)50(48)44-25-9-7-21-40(44)42-24-14-23-37(36-18-13-17-35(32-36)34-15-3-2-4-16-34)49(42)51-46-27-11-5-19-38(46)39-20-6-12-28-47(39)51/h2-32H,1H3. The van der Waals surface area contributed by atoms with Crippen molar-refractivity contribution < 1.29 is 0 Å². The molecule has 2 nitrogen and oxygen atoms in total. The van der Waals surface area contributed by atoms with Crippen LogP contribution in [-0.4, -0.2) is 9.13 Å². The molecule has 0 spiro atoms. The maximum atomic E-state index is 2.50. The van der Waals surface area contributed by atoms with Gasteiger partial charge in [0.25, 0.3) is 0 Å². The van der Waals surface area contributed by atoms with E-state index in [0.717, 1.165) is 5.69 Å². The van der Waals surface area contributed by atoms with Crippen LogP contribution in [0.1, 0.15) is 5.56 Å². The summed E-state index contributed by atoms with van der Waals surface area (Å²) in [5.41, 5.74) is 15.5. The number of benzene rings is 8. The highest BCUT2D eigenvalue weighted by Gasteiger charge is 2.22. The van der Waals surface area contributed by atoms with Crippen LogP contribution >= 0.6 is 0 Å². The quantitative estimate of drug-likeness (QED) is 0.175. The van der Waals surface area contributed by atoms with Gasteiger partial charge in [-0.25, -0.2) is 0 Å². The van der Waals surface area contributed by atoms with Gasteiger partial charge in [0.2, 0.25) is 0 Å². The number of hydrogen-bond donors (Lipinski definition) is 0. The molecule has 2 heteroatoms. The van der Waals surface area contributed by atoms with E-state index in [1.54, 1.807) is 0 Å². The topological polar surface area (TPSA) is 9.86 Å². The van der Waals surface area contributed by atoms with Crippen molar-refractivity contribution >= 4 is 43.6 Å². The molecule has 0 N–H and O–H groups in total. The van der Waals surface area contributed by atoms with Crippen molar-refractivity contribution in [1.82, 2.24) is 9.13 Å². The smallest absolute Gasteiger partial charge is 0.0619 e. The number of fused-ring (bicyclic) bond motifs is 6. The number of rotatable bonds is 5. The van der Waals surface area contributed by atoms with Gasteiger partial charge in [0.1, 0.15) is 0 Å². The minimum absolute atomic E-state index is 1.16. The van der Waals surface area contributed by atoms with Gasteiger partial charge in [-0.2, -0.15) is 0 Å². The highest BCUT2D eigenvalue weighted by Crippen LogP contribution is 2.44. The lowest BCUT2D eigenvalue weighted by Crippen LogP contribution is -2.03. The summed E-state index contributed by atoms with van der Waals surface area (Å²) in [6, 6.07) is 68.7. The lowest BCUT2D eigenvalue weighted by atomic mass is 9.92. The zero-order valence-corrected chi connectivity index (χ0v) is 28.3. The van der Waals surface area contributed by atoms with E-state index in [-0.39, 0.29) is 0 Å². The monoisotopic (exact) mass is 650 g/mol. The Hall–Kier alpha value is -6.64. The second-order valence-electron chi connectivity index (χ2n) is 13.4. The Kier molecular flexibility index (Phi) is 6.75. The molecule has 0 aliphatic carbocycles. The molecule has 0 aliphatic heterocycles. The summed E-state index contributed by atoms with van der Waals surface area (Å²) in [5, 5.41) is 5.03. The van der Waals surface area contributed by atoms with Gasteiger partial charge in [-0.3, -0.25) is 0 Å². The first-order chi connectivity index (χ1) is 25.2. The van der Waals surface area contributed by atoms with Crippen molar-refractivity contribution in [3.05, 3.63) is 194 Å². The predicted octanol–water partition coefficient (Wildman–Crippen LogP) is 13.2. The van der Waals surface area contributed by atoms with Crippen molar-refractivity contribution in [3.63, 3.8) is 0 Å². The molecule has 51 heavy (non-hydrogen) atoms. The first kappa shape index (κ1) is 29.3. The van der Waals surface area contributed by atoms with Gasteiger partial charge in [-0.1, -0.05) is 151 Å². The summed E-state index contributed by atoms with van der Waals surface area (Å²) in [4.78, 5) is 0. The number of hydrogen-bond acceptors (Lipinski definition) is 0. The molecule has 0 unspecified atom stereocenters. The zero-order valence-electron chi connectivity index (χ0n) is 28.3. The van der Waals surface area contributed by atoms with Crippen LogP contribution in [0, 0.1) is 6.92 Å². The van der Waals surface area contributed by atoms with Gasteiger partial charge in [-0.05, 0) is 66.1 Å². The molecule has 10 aromatic rings. The molecule has 0 atom stereocenters. The lowest BCUT2D eigenvalue weighted by Gasteiger charge is -2.22. The molecule has 0 bridgehead atoms. The predicted molar refractivity (Wildman–Crippen MR) is 216 cm³/mol. The Bertz CT molecular complexity index is 2870. The first-order valence-corrected chi connectivity index (χ1v) is 17.6. The maximum absolute atomic E-state index is 2.50. The molecular weight excluding hydrogens is 617 g/mol. The fraction of sp³-hybridized carbons (Fsp3) is 0.0204. The van der Waals surface area contributed by atoms with Gasteiger partial charge in [-0.15, -0.1) is 0 Å². The molecule has 2 heterocycles. The van der Waals surface area contributed by atoms with E-state index in [2.05, 4.69) is 204 Å². The Balaban J connectivity index is 1.32. The molecule has 0 saturated carbocycles. The molecule has 2 aromatic heterocycles. The average molecular weight is 651 g/mol. The van der Waals surface area contributed by atoms with Gasteiger partial charge >= 0.3 is 0 Å². The summed E-state index contributed by atoms with van der Waals surface area (Å²) < 4.78 is 4.95. The lowest BCUT2D eigenvalue weighted by molar-refractivity contribution is 1.16. The van der Waals surface area contributed by atoms with E-state index in [1.807, 2.05) is 0 Å². The number of aromatic nitrogens is 2. The van der Waals surface area contributed by atoms with E-state index in [0.29, 0.717) is 0 Å². The van der Waals surface area contributed by atoms with E-state index < -0.39 is 0 Å². The Morgan fingerprint density at radius 2 is 0.824 bits per heavy atom. The molecule has 0 amide bonds. The normalized spacial score (nSPS) is 11.6. The van der Waals surface area contributed by atoms with Crippen LogP contribution in [0.25, 0.3) is 88.4 Å². The van der Waals surface area contributed by atoms with Crippen LogP contribution < -0.4 is 0 Å². The van der Waals surface area contributed by atoms with Crippen LogP contribution in [0.15, 0.2) is 188 Å². The number of para-hydroxylation sites is 5. The van der Waals surface area contributed by atoms with Crippen molar-refractivity contribution in [2.24, 2.45) is 0 Å². The van der Waals surface area contributed by atoms with E-state index in [4.69, 9.17) is 0 Å². The molecule has 240 valence electrons. The summed E-state index contributed by atoms with van der Waals surface area (Å²) in [6.07, 6.45) is 0. The van der Waals surface area contributed by atoms with Crippen LogP contribution in [0.2, 0.25) is 0 Å². The van der Waals surface area contributed by atoms with E-state index in [9.17, 15) is 0 Å². The minimum Gasteiger partial charge on any atom is -0.309 e. The maximum Gasteiger partial charge on any atom is 0.0619 e. The largest absolute Gasteiger partial charge is 0.309 e. The SMILES string of the molecule is Cc1ccc2c(c1)c1ccccc1n2-c1ccccc1-c1cccc(-c2cccc(-c3ccccc3)c2)c1-n1c2ccccc2c2ccccc21. The minimum atomic E-state index is 1.16. The third-order valence-electron chi connectivity index (χ3n) is 10.4. The Morgan fingerprint density at radius 1 is 0.314 bits per heavy atom. The van der Waals surface area contributed by atoms with Crippen molar-refractivity contribution in [3.8, 4) is 44.8 Å². The third-order valence-corrected chi connectivity index (χ3v) is 10.4. The van der Waals surface area contributed by atoms with Crippen LogP contribution in [-0.2, 0) is 0 Å². The van der Waals surface area contributed by atoms with Crippen molar-refractivity contribution in [2.75, 3.05) is 0 Å². The summed E-state index contributed by atoms with van der Waals surface area (Å²) in [7, 11) is 0. The fourth-order valence-electron chi connectivity index (χ4n) is 8.14. The fourth-order valence-corrected chi connectivity index (χ4v) is 8.14. The molecule has 0 aliphatic rings. The second kappa shape index (κ2) is 11.8. The molecule has 0 saturated heterocycles. The average Bonchev–Trinajstić information content (AvgIpc) is 3.70. The van der Waals surface area contributed by atoms with Crippen LogP contribution in [0.4, 0.5) is 0 Å². The van der Waals surface area contributed by atoms with Gasteiger partial charge in [0, 0.05) is 38.2 Å². The van der Waals surface area contributed by atoms with Crippen molar-refractivity contribution in [2.45, 2.75) is 6.92 Å². The number of nitrogens with zero attached hydrogens (tertiary/aromatic N) is 2. The molecule has 0 radical (unpaired) electrons. The van der Waals surface area contributed by atoms with E-state index >= 15 is 0 Å². The van der Waals surface area contributed by atoms with Crippen molar-refractivity contribution in [1.29, 1.82) is 0 Å². The summed E-state index contributed by atoms with van der Waals surface area (Å²) >= 11 is 0. The van der Waals surface area contributed by atoms with E-state index in [1.165, 1.54) is 88.2 Å². The summed E-state index contributed by atoms with van der Waals surface area (Å²) in [6.45, 7) is 2.18. The Morgan fingerprint density at radius 3 is 1.57 bits per heavy atom. The number of aryl methyl sites for hydroxylation is 1. The van der Waals surface area contributed by atoms with Crippen LogP contribution in [0.5, 0.6) is 0 Å². The highest BCUT2D eigenvalue weighted by molar-refractivity contribution is 6.12. The zero-order chi connectivity index (χ0) is 33.9.